The van der Waals surface area contributed by atoms with Crippen LogP contribution < -0.4 is 0 Å². The van der Waals surface area contributed by atoms with Crippen molar-refractivity contribution in [3.05, 3.63) is 35.6 Å². The first-order chi connectivity index (χ1) is 15.0. The molecule has 0 saturated carbocycles. The van der Waals surface area contributed by atoms with Crippen LogP contribution >= 0.6 is 0 Å². The van der Waals surface area contributed by atoms with Crippen molar-refractivity contribution in [2.75, 3.05) is 45.8 Å². The maximum Gasteiger partial charge on any atom is 0.253 e. The van der Waals surface area contributed by atoms with Gasteiger partial charge in [-0.1, -0.05) is 6.92 Å². The Morgan fingerprint density at radius 1 is 0.903 bits per heavy atom. The van der Waals surface area contributed by atoms with Crippen LogP contribution in [0.3, 0.4) is 0 Å². The fourth-order valence-electron chi connectivity index (χ4n) is 5.42. The topological polar surface area (TPSA) is 43.9 Å². The first-order valence-electron chi connectivity index (χ1n) is 12.1. The molecule has 2 amide bonds. The predicted molar refractivity (Wildman–Crippen MR) is 119 cm³/mol. The van der Waals surface area contributed by atoms with Crippen LogP contribution in [0.2, 0.25) is 0 Å². The maximum absolute atomic E-state index is 13.3. The molecule has 4 rings (SSSR count). The van der Waals surface area contributed by atoms with E-state index >= 15 is 0 Å². The zero-order chi connectivity index (χ0) is 21.8. The van der Waals surface area contributed by atoms with Crippen molar-refractivity contribution in [2.45, 2.75) is 45.4 Å². The lowest BCUT2D eigenvalue weighted by atomic mass is 9.91. The Morgan fingerprint density at radius 2 is 1.58 bits per heavy atom. The first kappa shape index (κ1) is 22.3. The molecule has 3 aliphatic heterocycles. The van der Waals surface area contributed by atoms with E-state index in [2.05, 4.69) is 16.7 Å². The van der Waals surface area contributed by atoms with Crippen molar-refractivity contribution >= 4 is 11.8 Å². The molecule has 0 bridgehead atoms. The van der Waals surface area contributed by atoms with Gasteiger partial charge in [0.25, 0.3) is 5.91 Å². The summed E-state index contributed by atoms with van der Waals surface area (Å²) in [5.41, 5.74) is 0.489. The Hall–Kier alpha value is -1.95. The predicted octanol–water partition coefficient (Wildman–Crippen LogP) is 3.65. The Kier molecular flexibility index (Phi) is 7.26. The van der Waals surface area contributed by atoms with Crippen LogP contribution in [0.5, 0.6) is 0 Å². The highest BCUT2D eigenvalue weighted by atomic mass is 19.1. The minimum atomic E-state index is -0.345. The molecule has 1 aromatic rings. The van der Waals surface area contributed by atoms with Gasteiger partial charge in [0.2, 0.25) is 5.91 Å². The smallest absolute Gasteiger partial charge is 0.253 e. The highest BCUT2D eigenvalue weighted by Crippen LogP contribution is 2.26. The third-order valence-electron chi connectivity index (χ3n) is 7.37. The lowest BCUT2D eigenvalue weighted by Crippen LogP contribution is -2.50. The van der Waals surface area contributed by atoms with Crippen LogP contribution in [0.1, 0.15) is 55.8 Å². The summed E-state index contributed by atoms with van der Waals surface area (Å²) in [5, 5.41) is 0. The highest BCUT2D eigenvalue weighted by Gasteiger charge is 2.34. The van der Waals surface area contributed by atoms with Crippen molar-refractivity contribution < 1.29 is 14.0 Å². The molecule has 2 atom stereocenters. The maximum atomic E-state index is 13.3. The Bertz CT molecular complexity index is 761. The molecule has 5 nitrogen and oxygen atoms in total. The zero-order valence-electron chi connectivity index (χ0n) is 18.8. The summed E-state index contributed by atoms with van der Waals surface area (Å²) in [6, 6.07) is 5.69. The van der Waals surface area contributed by atoms with Crippen molar-refractivity contribution in [1.82, 2.24) is 14.7 Å². The molecule has 3 saturated heterocycles. The molecule has 2 unspecified atom stereocenters. The summed E-state index contributed by atoms with van der Waals surface area (Å²) in [6.07, 6.45) is 6.54. The number of likely N-dealkylation sites (tertiary alicyclic amines) is 3. The average Bonchev–Trinajstić information content (AvgIpc) is 2.80. The zero-order valence-corrected chi connectivity index (χ0v) is 18.8. The number of hydrogen-bond donors (Lipinski definition) is 0. The minimum Gasteiger partial charge on any atom is -0.342 e. The summed E-state index contributed by atoms with van der Waals surface area (Å²) in [7, 11) is 0. The average molecular weight is 430 g/mol. The van der Waals surface area contributed by atoms with Gasteiger partial charge < -0.3 is 14.7 Å². The quantitative estimate of drug-likeness (QED) is 0.734. The van der Waals surface area contributed by atoms with Gasteiger partial charge in [0, 0.05) is 38.3 Å². The Balaban J connectivity index is 1.31. The van der Waals surface area contributed by atoms with Crippen LogP contribution in [0, 0.1) is 23.6 Å². The molecule has 0 N–H and O–H groups in total. The summed E-state index contributed by atoms with van der Waals surface area (Å²) < 4.78 is 13.2. The van der Waals surface area contributed by atoms with E-state index in [1.807, 2.05) is 0 Å². The highest BCUT2D eigenvalue weighted by molar-refractivity contribution is 5.94. The lowest BCUT2D eigenvalue weighted by Gasteiger charge is -2.40. The molecule has 0 aliphatic carbocycles. The summed E-state index contributed by atoms with van der Waals surface area (Å²) in [6.45, 7) is 8.66. The van der Waals surface area contributed by atoms with Gasteiger partial charge in [0.15, 0.2) is 0 Å². The largest absolute Gasteiger partial charge is 0.342 e. The van der Waals surface area contributed by atoms with Gasteiger partial charge in [-0.3, -0.25) is 9.59 Å². The minimum absolute atomic E-state index is 0.103. The van der Waals surface area contributed by atoms with Crippen LogP contribution in [-0.2, 0) is 4.79 Å². The van der Waals surface area contributed by atoms with Gasteiger partial charge in [-0.2, -0.15) is 0 Å². The van der Waals surface area contributed by atoms with Crippen LogP contribution in [0.25, 0.3) is 0 Å². The van der Waals surface area contributed by atoms with Gasteiger partial charge in [-0.15, -0.1) is 0 Å². The van der Waals surface area contributed by atoms with Crippen molar-refractivity contribution in [1.29, 1.82) is 0 Å². The second kappa shape index (κ2) is 10.1. The van der Waals surface area contributed by atoms with Crippen molar-refractivity contribution in [3.63, 3.8) is 0 Å². The van der Waals surface area contributed by atoms with E-state index in [9.17, 15) is 14.0 Å². The summed E-state index contributed by atoms with van der Waals surface area (Å²) in [5.74, 6) is 1.05. The molecule has 6 heteroatoms. The monoisotopic (exact) mass is 429 g/mol. The van der Waals surface area contributed by atoms with E-state index < -0.39 is 0 Å². The van der Waals surface area contributed by atoms with Gasteiger partial charge >= 0.3 is 0 Å². The van der Waals surface area contributed by atoms with E-state index in [-0.39, 0.29) is 23.5 Å². The van der Waals surface area contributed by atoms with Gasteiger partial charge in [0.1, 0.15) is 5.82 Å². The standard InChI is InChI=1S/C25H36FN3O2/c1-19-10-14-27(15-11-19)16-20-4-2-12-28(17-20)25(31)22-5-3-13-29(18-22)24(30)21-6-8-23(26)9-7-21/h6-9,19-20,22H,2-5,10-18H2,1H3. The van der Waals surface area contributed by atoms with Crippen molar-refractivity contribution in [3.8, 4) is 0 Å². The van der Waals surface area contributed by atoms with Crippen LogP contribution in [0.15, 0.2) is 24.3 Å². The number of carbonyl (C=O) groups is 2. The third-order valence-corrected chi connectivity index (χ3v) is 7.37. The fraction of sp³-hybridized carbons (Fsp3) is 0.680. The second-order valence-electron chi connectivity index (χ2n) is 9.87. The number of piperidine rings is 3. The molecular formula is C25H36FN3O2. The van der Waals surface area contributed by atoms with E-state index in [0.29, 0.717) is 24.6 Å². The van der Waals surface area contributed by atoms with Crippen molar-refractivity contribution in [2.24, 2.45) is 17.8 Å². The Labute approximate surface area is 185 Å². The third kappa shape index (κ3) is 5.65. The number of amides is 2. The molecule has 0 aromatic heterocycles. The molecular weight excluding hydrogens is 393 g/mol. The van der Waals surface area contributed by atoms with E-state index in [4.69, 9.17) is 0 Å². The molecule has 31 heavy (non-hydrogen) atoms. The number of benzene rings is 1. The van der Waals surface area contributed by atoms with Gasteiger partial charge in [0.05, 0.1) is 5.92 Å². The molecule has 1 aromatic carbocycles. The molecule has 0 radical (unpaired) electrons. The molecule has 170 valence electrons. The number of carbonyl (C=O) groups excluding carboxylic acids is 2. The number of hydrogen-bond acceptors (Lipinski definition) is 3. The second-order valence-corrected chi connectivity index (χ2v) is 9.87. The normalized spacial score (nSPS) is 26.1. The molecule has 3 heterocycles. The lowest BCUT2D eigenvalue weighted by molar-refractivity contribution is -0.139. The fourth-order valence-corrected chi connectivity index (χ4v) is 5.42. The number of rotatable bonds is 4. The molecule has 3 aliphatic rings. The summed E-state index contributed by atoms with van der Waals surface area (Å²) in [4.78, 5) is 32.6. The van der Waals surface area contributed by atoms with Crippen LogP contribution in [-0.4, -0.2) is 72.3 Å². The van der Waals surface area contributed by atoms with E-state index in [1.165, 1.54) is 56.6 Å². The van der Waals surface area contributed by atoms with E-state index in [1.54, 1.807) is 4.90 Å². The summed E-state index contributed by atoms with van der Waals surface area (Å²) >= 11 is 0. The number of nitrogens with zero attached hydrogens (tertiary/aromatic N) is 3. The SMILES string of the molecule is CC1CCN(CC2CCCN(C(=O)C3CCCN(C(=O)c4ccc(F)cc4)C3)C2)CC1. The first-order valence-corrected chi connectivity index (χ1v) is 12.1. The van der Waals surface area contributed by atoms with Crippen LogP contribution in [0.4, 0.5) is 4.39 Å². The van der Waals surface area contributed by atoms with E-state index in [0.717, 1.165) is 44.8 Å². The van der Waals surface area contributed by atoms with Gasteiger partial charge in [-0.25, -0.2) is 4.39 Å². The Morgan fingerprint density at radius 3 is 2.32 bits per heavy atom. The number of halogens is 1. The molecule has 3 fully saturated rings. The van der Waals surface area contributed by atoms with Gasteiger partial charge in [-0.05, 0) is 87.7 Å². The molecule has 0 spiro atoms.